The van der Waals surface area contributed by atoms with E-state index >= 15 is 0 Å². The second-order valence-electron chi connectivity index (χ2n) is 4.65. The van der Waals surface area contributed by atoms with Gasteiger partial charge in [0.15, 0.2) is 0 Å². The molecule has 1 aromatic rings. The summed E-state index contributed by atoms with van der Waals surface area (Å²) in [4.78, 5) is 3.83. The molecule has 1 aliphatic rings. The van der Waals surface area contributed by atoms with E-state index < -0.39 is 0 Å². The number of anilines is 1. The number of thioether (sulfide) groups is 1. The van der Waals surface area contributed by atoms with Gasteiger partial charge in [0, 0.05) is 23.7 Å². The number of fused-ring (bicyclic) bond motifs is 1. The molecule has 1 heterocycles. The molecule has 0 saturated carbocycles. The van der Waals surface area contributed by atoms with Crippen LogP contribution in [-0.4, -0.2) is 18.8 Å². The summed E-state index contributed by atoms with van der Waals surface area (Å²) in [6.07, 6.45) is 0. The Morgan fingerprint density at radius 1 is 1.40 bits per heavy atom. The second kappa shape index (κ2) is 4.09. The highest BCUT2D eigenvalue weighted by molar-refractivity contribution is 7.99. The van der Waals surface area contributed by atoms with Gasteiger partial charge in [0.25, 0.3) is 0 Å². The Bertz CT molecular complexity index is 360. The minimum Gasteiger partial charge on any atom is -0.370 e. The molecule has 0 radical (unpaired) electrons. The van der Waals surface area contributed by atoms with Gasteiger partial charge in [0.05, 0.1) is 5.69 Å². The van der Waals surface area contributed by atoms with Crippen molar-refractivity contribution in [2.75, 3.05) is 17.7 Å². The second-order valence-corrected chi connectivity index (χ2v) is 5.71. The van der Waals surface area contributed by atoms with Gasteiger partial charge in [-0.05, 0) is 30.5 Å². The first-order chi connectivity index (χ1) is 7.09. The summed E-state index contributed by atoms with van der Waals surface area (Å²) in [5.41, 5.74) is 2.84. The Morgan fingerprint density at radius 2 is 2.13 bits per heavy atom. The van der Waals surface area contributed by atoms with Crippen molar-refractivity contribution in [1.29, 1.82) is 0 Å². The molecule has 1 unspecified atom stereocenters. The molecule has 0 fully saturated rings. The van der Waals surface area contributed by atoms with Gasteiger partial charge in [-0.3, -0.25) is 0 Å². The summed E-state index contributed by atoms with van der Waals surface area (Å²) in [5, 5.41) is 0. The van der Waals surface area contributed by atoms with Gasteiger partial charge >= 0.3 is 0 Å². The predicted octanol–water partition coefficient (Wildman–Crippen LogP) is 3.74. The zero-order valence-corrected chi connectivity index (χ0v) is 10.8. The van der Waals surface area contributed by atoms with Crippen LogP contribution in [0.2, 0.25) is 0 Å². The van der Waals surface area contributed by atoms with E-state index in [1.165, 1.54) is 21.9 Å². The zero-order chi connectivity index (χ0) is 11.0. The molecule has 0 bridgehead atoms. The first-order valence-corrected chi connectivity index (χ1v) is 6.57. The molecule has 1 aliphatic heterocycles. The zero-order valence-electron chi connectivity index (χ0n) is 9.95. The van der Waals surface area contributed by atoms with Crippen LogP contribution in [0.1, 0.15) is 32.3 Å². The Labute approximate surface area is 96.9 Å². The third-order valence-electron chi connectivity index (χ3n) is 3.17. The fourth-order valence-corrected chi connectivity index (χ4v) is 3.08. The third-order valence-corrected chi connectivity index (χ3v) is 4.46. The molecule has 1 nitrogen and oxygen atoms in total. The Hall–Kier alpha value is -0.630. The summed E-state index contributed by atoms with van der Waals surface area (Å²) in [6.45, 7) is 6.79. The maximum absolute atomic E-state index is 2.38. The molecule has 1 aromatic carbocycles. The topological polar surface area (TPSA) is 3.24 Å². The van der Waals surface area contributed by atoms with Crippen LogP contribution in [0.4, 0.5) is 5.69 Å². The van der Waals surface area contributed by atoms with E-state index in [2.05, 4.69) is 50.9 Å². The van der Waals surface area contributed by atoms with Crippen molar-refractivity contribution in [3.63, 3.8) is 0 Å². The lowest BCUT2D eigenvalue weighted by Gasteiger charge is -2.33. The van der Waals surface area contributed by atoms with Crippen molar-refractivity contribution in [2.45, 2.75) is 37.6 Å². The molecule has 0 aromatic heterocycles. The van der Waals surface area contributed by atoms with E-state index in [0.717, 1.165) is 0 Å². The van der Waals surface area contributed by atoms with E-state index in [9.17, 15) is 0 Å². The summed E-state index contributed by atoms with van der Waals surface area (Å²) in [7, 11) is 2.19. The molecule has 2 rings (SSSR count). The average molecular weight is 221 g/mol. The van der Waals surface area contributed by atoms with Gasteiger partial charge in [-0.25, -0.2) is 0 Å². The Balaban J connectivity index is 2.38. The molecule has 0 amide bonds. The molecular weight excluding hydrogens is 202 g/mol. The average Bonchev–Trinajstić information content (AvgIpc) is 2.23. The van der Waals surface area contributed by atoms with Crippen molar-refractivity contribution in [3.8, 4) is 0 Å². The summed E-state index contributed by atoms with van der Waals surface area (Å²) >= 11 is 1.99. The van der Waals surface area contributed by atoms with Gasteiger partial charge in [0.1, 0.15) is 0 Å². The fourth-order valence-electron chi connectivity index (χ4n) is 1.86. The maximum atomic E-state index is 2.38. The molecule has 82 valence electrons. The van der Waals surface area contributed by atoms with Gasteiger partial charge in [-0.2, -0.15) is 0 Å². The first kappa shape index (κ1) is 10.9. The highest BCUT2D eigenvalue weighted by Crippen LogP contribution is 2.38. The molecule has 15 heavy (non-hydrogen) atoms. The highest BCUT2D eigenvalue weighted by Gasteiger charge is 2.20. The van der Waals surface area contributed by atoms with Gasteiger partial charge < -0.3 is 4.90 Å². The predicted molar refractivity (Wildman–Crippen MR) is 69.1 cm³/mol. The number of rotatable bonds is 1. The molecular formula is C13H19NS. The van der Waals surface area contributed by atoms with Crippen LogP contribution >= 0.6 is 11.8 Å². The lowest BCUT2D eigenvalue weighted by Crippen LogP contribution is -2.33. The fraction of sp³-hybridized carbons (Fsp3) is 0.538. The monoisotopic (exact) mass is 221 g/mol. The minimum atomic E-state index is 0.626. The first-order valence-electron chi connectivity index (χ1n) is 5.59. The van der Waals surface area contributed by atoms with Crippen molar-refractivity contribution >= 4 is 17.4 Å². The normalized spacial score (nSPS) is 20.6. The lowest BCUT2D eigenvalue weighted by atomic mass is 10.0. The molecule has 2 heteroatoms. The summed E-state index contributed by atoms with van der Waals surface area (Å²) in [5.74, 6) is 1.82. The molecule has 0 aliphatic carbocycles. The maximum Gasteiger partial charge on any atom is 0.0504 e. The largest absolute Gasteiger partial charge is 0.370 e. The van der Waals surface area contributed by atoms with E-state index in [0.29, 0.717) is 12.0 Å². The van der Waals surface area contributed by atoms with Gasteiger partial charge in [-0.1, -0.05) is 19.9 Å². The minimum absolute atomic E-state index is 0.626. The quantitative estimate of drug-likeness (QED) is 0.710. The van der Waals surface area contributed by atoms with Crippen molar-refractivity contribution in [3.05, 3.63) is 23.8 Å². The smallest absolute Gasteiger partial charge is 0.0504 e. The summed E-state index contributed by atoms with van der Waals surface area (Å²) < 4.78 is 0. The summed E-state index contributed by atoms with van der Waals surface area (Å²) in [6, 6.07) is 7.53. The lowest BCUT2D eigenvalue weighted by molar-refractivity contribution is 0.745. The number of hydrogen-bond donors (Lipinski definition) is 0. The van der Waals surface area contributed by atoms with Crippen LogP contribution < -0.4 is 4.90 Å². The van der Waals surface area contributed by atoms with Crippen molar-refractivity contribution in [2.24, 2.45) is 0 Å². The van der Waals surface area contributed by atoms with Crippen molar-refractivity contribution < 1.29 is 0 Å². The van der Waals surface area contributed by atoms with Crippen LogP contribution in [0.5, 0.6) is 0 Å². The van der Waals surface area contributed by atoms with Crippen LogP contribution in [-0.2, 0) is 0 Å². The van der Waals surface area contributed by atoms with E-state index in [1.807, 2.05) is 11.8 Å². The van der Waals surface area contributed by atoms with Crippen LogP contribution in [0.25, 0.3) is 0 Å². The molecule has 1 atom stereocenters. The van der Waals surface area contributed by atoms with E-state index in [-0.39, 0.29) is 0 Å². The molecule has 0 spiro atoms. The SMILES string of the molecule is CC(C)c1ccc2c(c1)SCC(C)N2C. The van der Waals surface area contributed by atoms with Crippen LogP contribution in [0.15, 0.2) is 23.1 Å². The van der Waals surface area contributed by atoms with Crippen LogP contribution in [0.3, 0.4) is 0 Å². The number of benzene rings is 1. The van der Waals surface area contributed by atoms with Crippen molar-refractivity contribution in [1.82, 2.24) is 0 Å². The Kier molecular flexibility index (Phi) is 2.96. The van der Waals surface area contributed by atoms with E-state index in [1.54, 1.807) is 0 Å². The van der Waals surface area contributed by atoms with Gasteiger partial charge in [0.2, 0.25) is 0 Å². The number of hydrogen-bond acceptors (Lipinski definition) is 2. The molecule has 0 saturated heterocycles. The van der Waals surface area contributed by atoms with E-state index in [4.69, 9.17) is 0 Å². The van der Waals surface area contributed by atoms with Crippen LogP contribution in [0, 0.1) is 0 Å². The van der Waals surface area contributed by atoms with Gasteiger partial charge in [-0.15, -0.1) is 11.8 Å². The standard InChI is InChI=1S/C13H19NS/c1-9(2)11-5-6-12-13(7-11)15-8-10(3)14(12)4/h5-7,9-10H,8H2,1-4H3. The molecule has 0 N–H and O–H groups in total. The third kappa shape index (κ3) is 2.00. The Morgan fingerprint density at radius 3 is 2.80 bits per heavy atom. The number of nitrogens with zero attached hydrogens (tertiary/aromatic N) is 1. The highest BCUT2D eigenvalue weighted by atomic mass is 32.2.